The Bertz CT molecular complexity index is 249. The number of hydrogen-bond acceptors (Lipinski definition) is 3. The first kappa shape index (κ1) is 13.0. The van der Waals surface area contributed by atoms with Gasteiger partial charge >= 0.3 is 0 Å². The van der Waals surface area contributed by atoms with Crippen molar-refractivity contribution in [3.8, 4) is 0 Å². The summed E-state index contributed by atoms with van der Waals surface area (Å²) in [6, 6.07) is 0.106. The second-order valence-corrected chi connectivity index (χ2v) is 5.55. The van der Waals surface area contributed by atoms with Crippen molar-refractivity contribution in [2.24, 2.45) is 11.7 Å². The number of nitrogens with two attached hydrogens (primary N) is 1. The Labute approximate surface area is 104 Å². The smallest absolute Gasteiger partial charge is 0.137 e. The lowest BCUT2D eigenvalue weighted by atomic mass is 9.88. The molecule has 17 heavy (non-hydrogen) atoms. The predicted octanol–water partition coefficient (Wildman–Crippen LogP) is 2.42. The van der Waals surface area contributed by atoms with Gasteiger partial charge in [0.1, 0.15) is 5.78 Å². The second kappa shape index (κ2) is 6.50. The molecule has 1 aliphatic heterocycles. The van der Waals surface area contributed by atoms with Crippen LogP contribution in [-0.4, -0.2) is 24.5 Å². The lowest BCUT2D eigenvalue weighted by molar-refractivity contribution is -0.124. The average Bonchev–Trinajstić information content (AvgIpc) is 2.75. The summed E-state index contributed by atoms with van der Waals surface area (Å²) in [7, 11) is 0. The van der Waals surface area contributed by atoms with E-state index < -0.39 is 0 Å². The Kier molecular flexibility index (Phi) is 4.99. The van der Waals surface area contributed by atoms with Gasteiger partial charge in [-0.05, 0) is 32.1 Å². The zero-order chi connectivity index (χ0) is 12.1. The van der Waals surface area contributed by atoms with Crippen LogP contribution in [-0.2, 0) is 9.53 Å². The van der Waals surface area contributed by atoms with Crippen molar-refractivity contribution in [1.82, 2.24) is 0 Å². The van der Waals surface area contributed by atoms with Crippen LogP contribution < -0.4 is 5.73 Å². The van der Waals surface area contributed by atoms with Gasteiger partial charge in [-0.2, -0.15) is 0 Å². The summed E-state index contributed by atoms with van der Waals surface area (Å²) in [6.07, 6.45) is 9.82. The van der Waals surface area contributed by atoms with Gasteiger partial charge in [-0.3, -0.25) is 4.79 Å². The molecule has 3 nitrogen and oxygen atoms in total. The highest BCUT2D eigenvalue weighted by Gasteiger charge is 2.27. The molecule has 3 unspecified atom stereocenters. The summed E-state index contributed by atoms with van der Waals surface area (Å²) in [5.41, 5.74) is 6.11. The van der Waals surface area contributed by atoms with Gasteiger partial charge in [0.05, 0.1) is 6.10 Å². The van der Waals surface area contributed by atoms with E-state index in [2.05, 4.69) is 0 Å². The second-order valence-electron chi connectivity index (χ2n) is 5.55. The first-order chi connectivity index (χ1) is 8.27. The highest BCUT2D eigenvalue weighted by atomic mass is 16.5. The molecule has 0 bridgehead atoms. The SMILES string of the molecule is NC1CCCCCC1C(=O)CCC1CCCO1. The molecule has 3 atom stereocenters. The number of ketones is 1. The van der Waals surface area contributed by atoms with E-state index >= 15 is 0 Å². The standard InChI is InChI=1S/C14H25NO2/c15-13-7-3-1-2-6-12(13)14(16)9-8-11-5-4-10-17-11/h11-13H,1-10,15H2. The molecule has 2 rings (SSSR count). The summed E-state index contributed by atoms with van der Waals surface area (Å²) in [6.45, 7) is 0.877. The minimum atomic E-state index is 0.106. The molecule has 1 heterocycles. The fourth-order valence-electron chi connectivity index (χ4n) is 3.10. The van der Waals surface area contributed by atoms with Gasteiger partial charge in [0.25, 0.3) is 0 Å². The Hall–Kier alpha value is -0.410. The summed E-state index contributed by atoms with van der Waals surface area (Å²) in [5.74, 6) is 0.508. The maximum atomic E-state index is 12.2. The topological polar surface area (TPSA) is 52.3 Å². The van der Waals surface area contributed by atoms with Crippen LogP contribution in [0.2, 0.25) is 0 Å². The zero-order valence-corrected chi connectivity index (χ0v) is 10.7. The predicted molar refractivity (Wildman–Crippen MR) is 67.8 cm³/mol. The van der Waals surface area contributed by atoms with E-state index in [1.54, 1.807) is 0 Å². The zero-order valence-electron chi connectivity index (χ0n) is 10.7. The molecule has 0 aromatic heterocycles. The van der Waals surface area contributed by atoms with E-state index in [0.717, 1.165) is 38.7 Å². The summed E-state index contributed by atoms with van der Waals surface area (Å²) >= 11 is 0. The third kappa shape index (κ3) is 3.78. The molecule has 0 aromatic rings. The number of carbonyl (C=O) groups is 1. The number of rotatable bonds is 4. The molecule has 3 heteroatoms. The highest BCUT2D eigenvalue weighted by molar-refractivity contribution is 5.81. The molecule has 1 aliphatic carbocycles. The highest BCUT2D eigenvalue weighted by Crippen LogP contribution is 2.25. The van der Waals surface area contributed by atoms with E-state index in [4.69, 9.17) is 10.5 Å². The van der Waals surface area contributed by atoms with Crippen LogP contribution in [0.25, 0.3) is 0 Å². The van der Waals surface area contributed by atoms with Crippen LogP contribution in [0.15, 0.2) is 0 Å². The van der Waals surface area contributed by atoms with Crippen LogP contribution in [0.5, 0.6) is 0 Å². The van der Waals surface area contributed by atoms with Crippen molar-refractivity contribution in [2.45, 2.75) is 69.9 Å². The van der Waals surface area contributed by atoms with Gasteiger partial charge in [-0.25, -0.2) is 0 Å². The van der Waals surface area contributed by atoms with E-state index in [1.165, 1.54) is 19.3 Å². The Morgan fingerprint density at radius 3 is 2.71 bits per heavy atom. The summed E-state index contributed by atoms with van der Waals surface area (Å²) in [5, 5.41) is 0. The van der Waals surface area contributed by atoms with E-state index in [-0.39, 0.29) is 12.0 Å². The maximum absolute atomic E-state index is 12.2. The van der Waals surface area contributed by atoms with Gasteiger partial charge in [0.15, 0.2) is 0 Å². The molecule has 2 fully saturated rings. The third-order valence-corrected chi connectivity index (χ3v) is 4.22. The van der Waals surface area contributed by atoms with Crippen molar-refractivity contribution in [1.29, 1.82) is 0 Å². The lowest BCUT2D eigenvalue weighted by Gasteiger charge is -2.20. The molecule has 1 saturated carbocycles. The summed E-state index contributed by atoms with van der Waals surface area (Å²) in [4.78, 5) is 12.2. The fourth-order valence-corrected chi connectivity index (χ4v) is 3.10. The van der Waals surface area contributed by atoms with Gasteiger partial charge in [-0.15, -0.1) is 0 Å². The molecule has 2 N–H and O–H groups in total. The normalized spacial score (nSPS) is 34.5. The number of carbonyl (C=O) groups excluding carboxylic acids is 1. The molecule has 98 valence electrons. The van der Waals surface area contributed by atoms with Gasteiger partial charge < -0.3 is 10.5 Å². The molecular weight excluding hydrogens is 214 g/mol. The number of hydrogen-bond donors (Lipinski definition) is 1. The van der Waals surface area contributed by atoms with Crippen molar-refractivity contribution in [3.05, 3.63) is 0 Å². The van der Waals surface area contributed by atoms with Crippen LogP contribution in [0.3, 0.4) is 0 Å². The van der Waals surface area contributed by atoms with Crippen molar-refractivity contribution >= 4 is 5.78 Å². The Balaban J connectivity index is 1.76. The molecule has 2 aliphatic rings. The van der Waals surface area contributed by atoms with Crippen molar-refractivity contribution < 1.29 is 9.53 Å². The van der Waals surface area contributed by atoms with Gasteiger partial charge in [-0.1, -0.05) is 19.3 Å². The van der Waals surface area contributed by atoms with Crippen LogP contribution in [0.4, 0.5) is 0 Å². The quantitative estimate of drug-likeness (QED) is 0.767. The minimum absolute atomic E-state index is 0.106. The third-order valence-electron chi connectivity index (χ3n) is 4.22. The Morgan fingerprint density at radius 2 is 1.94 bits per heavy atom. The summed E-state index contributed by atoms with van der Waals surface area (Å²) < 4.78 is 5.56. The van der Waals surface area contributed by atoms with Gasteiger partial charge in [0, 0.05) is 25.0 Å². The molecule has 0 aromatic carbocycles. The lowest BCUT2D eigenvalue weighted by Crippen LogP contribution is -2.34. The molecule has 0 spiro atoms. The average molecular weight is 239 g/mol. The van der Waals surface area contributed by atoms with Crippen LogP contribution >= 0.6 is 0 Å². The first-order valence-corrected chi connectivity index (χ1v) is 7.17. The molecule has 0 radical (unpaired) electrons. The number of ether oxygens (including phenoxy) is 1. The monoisotopic (exact) mass is 239 g/mol. The van der Waals surface area contributed by atoms with Crippen molar-refractivity contribution in [3.63, 3.8) is 0 Å². The van der Waals surface area contributed by atoms with Crippen molar-refractivity contribution in [2.75, 3.05) is 6.61 Å². The largest absolute Gasteiger partial charge is 0.378 e. The van der Waals surface area contributed by atoms with E-state index in [9.17, 15) is 4.79 Å². The van der Waals surface area contributed by atoms with Crippen LogP contribution in [0.1, 0.15) is 57.8 Å². The molecular formula is C14H25NO2. The minimum Gasteiger partial charge on any atom is -0.378 e. The fraction of sp³-hybridized carbons (Fsp3) is 0.929. The van der Waals surface area contributed by atoms with E-state index in [0.29, 0.717) is 18.3 Å². The maximum Gasteiger partial charge on any atom is 0.137 e. The van der Waals surface area contributed by atoms with Gasteiger partial charge in [0.2, 0.25) is 0 Å². The molecule has 0 amide bonds. The Morgan fingerprint density at radius 1 is 1.12 bits per heavy atom. The number of Topliss-reactive ketones (excluding diaryl/α,β-unsaturated/α-hetero) is 1. The first-order valence-electron chi connectivity index (χ1n) is 7.17. The molecule has 1 saturated heterocycles. The van der Waals surface area contributed by atoms with E-state index in [1.807, 2.05) is 0 Å². The van der Waals surface area contributed by atoms with Crippen LogP contribution in [0, 0.1) is 5.92 Å².